The molecule has 4 rings (SSSR count). The molecule has 2 aromatic rings. The smallest absolute Gasteiger partial charge is 0.238 e. The van der Waals surface area contributed by atoms with Crippen LogP contribution in [-0.2, 0) is 16.0 Å². The molecule has 6 heteroatoms. The summed E-state index contributed by atoms with van der Waals surface area (Å²) in [6.07, 6.45) is 4.81. The van der Waals surface area contributed by atoms with Crippen molar-refractivity contribution in [3.05, 3.63) is 47.8 Å². The predicted molar refractivity (Wildman–Crippen MR) is 126 cm³/mol. The summed E-state index contributed by atoms with van der Waals surface area (Å²) in [6.45, 7) is 9.64. The van der Waals surface area contributed by atoms with Crippen molar-refractivity contribution in [1.29, 1.82) is 0 Å². The van der Waals surface area contributed by atoms with Gasteiger partial charge in [-0.1, -0.05) is 45.0 Å². The van der Waals surface area contributed by atoms with Gasteiger partial charge in [0, 0.05) is 23.1 Å². The first-order valence-corrected chi connectivity index (χ1v) is 11.6. The second kappa shape index (κ2) is 9.51. The SMILES string of the molecule is CCc1cccc(-c2cnc(C(=O)C(C)C)c(NC(=O)CN3CCC4(CC3)COC4)c2)c1. The number of ketones is 1. The van der Waals surface area contributed by atoms with Crippen molar-refractivity contribution in [3.8, 4) is 11.1 Å². The van der Waals surface area contributed by atoms with Crippen molar-refractivity contribution in [2.45, 2.75) is 40.0 Å². The molecule has 2 fully saturated rings. The molecule has 6 nitrogen and oxygen atoms in total. The Kier molecular flexibility index (Phi) is 6.72. The molecule has 2 aliphatic rings. The summed E-state index contributed by atoms with van der Waals surface area (Å²) in [6, 6.07) is 10.1. The molecule has 1 amide bonds. The minimum absolute atomic E-state index is 0.0703. The number of hydrogen-bond acceptors (Lipinski definition) is 5. The number of likely N-dealkylation sites (tertiary alicyclic amines) is 1. The maximum absolute atomic E-state index is 12.9. The molecular weight excluding hydrogens is 402 g/mol. The Balaban J connectivity index is 1.51. The van der Waals surface area contributed by atoms with Gasteiger partial charge in [0.05, 0.1) is 25.4 Å². The van der Waals surface area contributed by atoms with Crippen molar-refractivity contribution in [3.63, 3.8) is 0 Å². The van der Waals surface area contributed by atoms with E-state index >= 15 is 0 Å². The van der Waals surface area contributed by atoms with Gasteiger partial charge in [-0.05, 0) is 49.5 Å². The molecule has 0 saturated carbocycles. The first-order chi connectivity index (χ1) is 15.4. The van der Waals surface area contributed by atoms with E-state index in [2.05, 4.69) is 34.3 Å². The number of ether oxygens (including phenoxy) is 1. The summed E-state index contributed by atoms with van der Waals surface area (Å²) < 4.78 is 5.39. The van der Waals surface area contributed by atoms with E-state index < -0.39 is 0 Å². The van der Waals surface area contributed by atoms with Gasteiger partial charge in [-0.15, -0.1) is 0 Å². The highest BCUT2D eigenvalue weighted by molar-refractivity contribution is 6.05. The second-order valence-corrected chi connectivity index (χ2v) is 9.51. The fraction of sp³-hybridized carbons (Fsp3) is 0.500. The Labute approximate surface area is 190 Å². The first-order valence-electron chi connectivity index (χ1n) is 11.6. The number of aromatic nitrogens is 1. The number of benzene rings is 1. The summed E-state index contributed by atoms with van der Waals surface area (Å²) in [5.41, 5.74) is 4.31. The van der Waals surface area contributed by atoms with Crippen LogP contribution in [-0.4, -0.2) is 54.4 Å². The van der Waals surface area contributed by atoms with Crippen LogP contribution >= 0.6 is 0 Å². The number of Topliss-reactive ketones (excluding diaryl/α,β-unsaturated/α-hetero) is 1. The molecule has 0 bridgehead atoms. The van der Waals surface area contributed by atoms with Gasteiger partial charge < -0.3 is 10.1 Å². The largest absolute Gasteiger partial charge is 0.380 e. The lowest BCUT2D eigenvalue weighted by Gasteiger charge is -2.47. The van der Waals surface area contributed by atoms with E-state index in [9.17, 15) is 9.59 Å². The van der Waals surface area contributed by atoms with Crippen LogP contribution in [0.2, 0.25) is 0 Å². The summed E-state index contributed by atoms with van der Waals surface area (Å²) in [7, 11) is 0. The average Bonchev–Trinajstić information content (AvgIpc) is 2.78. The number of anilines is 1. The first kappa shape index (κ1) is 22.6. The van der Waals surface area contributed by atoms with Gasteiger partial charge in [0.2, 0.25) is 5.91 Å². The van der Waals surface area contributed by atoms with Crippen molar-refractivity contribution < 1.29 is 14.3 Å². The van der Waals surface area contributed by atoms with E-state index in [-0.39, 0.29) is 17.6 Å². The summed E-state index contributed by atoms with van der Waals surface area (Å²) >= 11 is 0. The number of nitrogens with zero attached hydrogens (tertiary/aromatic N) is 2. The number of rotatable bonds is 7. The molecule has 32 heavy (non-hydrogen) atoms. The summed E-state index contributed by atoms with van der Waals surface area (Å²) in [5, 5.41) is 2.99. The van der Waals surface area contributed by atoms with Crippen LogP contribution in [0.5, 0.6) is 0 Å². The molecule has 2 saturated heterocycles. The maximum Gasteiger partial charge on any atom is 0.238 e. The number of carbonyl (C=O) groups is 2. The van der Waals surface area contributed by atoms with Gasteiger partial charge in [0.1, 0.15) is 5.69 Å². The summed E-state index contributed by atoms with van der Waals surface area (Å²) in [4.78, 5) is 32.3. The van der Waals surface area contributed by atoms with E-state index in [4.69, 9.17) is 4.74 Å². The van der Waals surface area contributed by atoms with Gasteiger partial charge in [-0.2, -0.15) is 0 Å². The number of piperidine rings is 1. The fourth-order valence-electron chi connectivity index (χ4n) is 4.42. The molecule has 1 spiro atoms. The fourth-order valence-corrected chi connectivity index (χ4v) is 4.42. The van der Waals surface area contributed by atoms with Crippen molar-refractivity contribution >= 4 is 17.4 Å². The molecule has 0 unspecified atom stereocenters. The maximum atomic E-state index is 12.9. The van der Waals surface area contributed by atoms with Crippen LogP contribution < -0.4 is 5.32 Å². The Morgan fingerprint density at radius 2 is 1.91 bits per heavy atom. The van der Waals surface area contributed by atoms with Crippen molar-refractivity contribution in [2.75, 3.05) is 38.2 Å². The van der Waals surface area contributed by atoms with Gasteiger partial charge in [-0.25, -0.2) is 0 Å². The highest BCUT2D eigenvalue weighted by Gasteiger charge is 2.41. The monoisotopic (exact) mass is 435 g/mol. The number of hydrogen-bond donors (Lipinski definition) is 1. The molecule has 0 radical (unpaired) electrons. The Morgan fingerprint density at radius 1 is 1.16 bits per heavy atom. The molecule has 1 aromatic heterocycles. The molecule has 170 valence electrons. The topological polar surface area (TPSA) is 71.5 Å². The lowest BCUT2D eigenvalue weighted by Crippen LogP contribution is -2.51. The minimum atomic E-state index is -0.199. The van der Waals surface area contributed by atoms with E-state index in [1.807, 2.05) is 32.0 Å². The zero-order valence-corrected chi connectivity index (χ0v) is 19.3. The zero-order valence-electron chi connectivity index (χ0n) is 19.3. The number of amides is 1. The van der Waals surface area contributed by atoms with E-state index in [0.29, 0.717) is 23.3 Å². The second-order valence-electron chi connectivity index (χ2n) is 9.51. The van der Waals surface area contributed by atoms with Gasteiger partial charge in [-0.3, -0.25) is 19.5 Å². The van der Waals surface area contributed by atoms with Crippen molar-refractivity contribution in [2.24, 2.45) is 11.3 Å². The predicted octanol–water partition coefficient (Wildman–Crippen LogP) is 4.20. The number of nitrogens with one attached hydrogen (secondary N) is 1. The summed E-state index contributed by atoms with van der Waals surface area (Å²) in [5.74, 6) is -0.376. The molecule has 0 aliphatic carbocycles. The molecule has 1 N–H and O–H groups in total. The standard InChI is InChI=1S/C26H33N3O3/c1-4-19-6-5-7-20(12-19)21-13-22(24(27-14-21)25(31)18(2)3)28-23(30)15-29-10-8-26(9-11-29)16-32-17-26/h5-7,12-14,18H,4,8-11,15-17H2,1-3H3,(H,28,30). The van der Waals surface area contributed by atoms with Gasteiger partial charge in [0.25, 0.3) is 0 Å². The van der Waals surface area contributed by atoms with E-state index in [1.165, 1.54) is 5.56 Å². The highest BCUT2D eigenvalue weighted by Crippen LogP contribution is 2.38. The third kappa shape index (κ3) is 4.92. The number of aryl methyl sites for hydroxylation is 1. The molecule has 1 aromatic carbocycles. The van der Waals surface area contributed by atoms with Crippen molar-refractivity contribution in [1.82, 2.24) is 9.88 Å². The van der Waals surface area contributed by atoms with Crippen LogP contribution in [0, 0.1) is 11.3 Å². The van der Waals surface area contributed by atoms with Crippen LogP contribution in [0.4, 0.5) is 5.69 Å². The third-order valence-corrected chi connectivity index (χ3v) is 6.69. The Bertz CT molecular complexity index is 988. The zero-order chi connectivity index (χ0) is 22.7. The third-order valence-electron chi connectivity index (χ3n) is 6.69. The van der Waals surface area contributed by atoms with Gasteiger partial charge >= 0.3 is 0 Å². The Hall–Kier alpha value is -2.57. The highest BCUT2D eigenvalue weighted by atomic mass is 16.5. The van der Waals surface area contributed by atoms with E-state index in [0.717, 1.165) is 56.7 Å². The number of pyridine rings is 1. The number of carbonyl (C=O) groups excluding carboxylic acids is 2. The van der Waals surface area contributed by atoms with Gasteiger partial charge in [0.15, 0.2) is 5.78 Å². The lowest BCUT2D eigenvalue weighted by molar-refractivity contribution is -0.141. The minimum Gasteiger partial charge on any atom is -0.380 e. The molecule has 0 atom stereocenters. The van der Waals surface area contributed by atoms with E-state index in [1.54, 1.807) is 6.20 Å². The normalized spacial score (nSPS) is 17.9. The van der Waals surface area contributed by atoms with Crippen LogP contribution in [0.15, 0.2) is 36.5 Å². The average molecular weight is 436 g/mol. The molecule has 2 aliphatic heterocycles. The lowest BCUT2D eigenvalue weighted by atomic mass is 9.77. The molecular formula is C26H33N3O3. The van der Waals surface area contributed by atoms with Crippen LogP contribution in [0.3, 0.4) is 0 Å². The van der Waals surface area contributed by atoms with Crippen LogP contribution in [0.25, 0.3) is 11.1 Å². The quantitative estimate of drug-likeness (QED) is 0.660. The Morgan fingerprint density at radius 3 is 2.53 bits per heavy atom. The van der Waals surface area contributed by atoms with Crippen LogP contribution in [0.1, 0.15) is 49.7 Å². The molecule has 3 heterocycles.